The van der Waals surface area contributed by atoms with Crippen LogP contribution in [0.25, 0.3) is 11.4 Å². The lowest BCUT2D eigenvalue weighted by Gasteiger charge is -2.09. The molecule has 7 heteroatoms. The average Bonchev–Trinajstić information content (AvgIpc) is 2.78. The fourth-order valence-corrected chi connectivity index (χ4v) is 2.38. The van der Waals surface area contributed by atoms with Crippen LogP contribution in [0.4, 0.5) is 5.69 Å². The van der Waals surface area contributed by atoms with Gasteiger partial charge in [-0.2, -0.15) is 4.73 Å². The fraction of sp³-hybridized carbons (Fsp3) is 0.231. The number of imidazole rings is 1. The second-order valence-corrected chi connectivity index (χ2v) is 4.64. The largest absolute Gasteiger partial charge is 0.427 e. The van der Waals surface area contributed by atoms with E-state index in [9.17, 15) is 14.9 Å². The second kappa shape index (κ2) is 4.44. The molecule has 2 N–H and O–H groups in total. The van der Waals surface area contributed by atoms with Gasteiger partial charge >= 0.3 is 5.69 Å². The molecule has 0 aliphatic heterocycles. The van der Waals surface area contributed by atoms with E-state index < -0.39 is 0 Å². The molecular weight excluding hydrogens is 262 g/mol. The van der Waals surface area contributed by atoms with E-state index in [1.54, 1.807) is 12.1 Å². The van der Waals surface area contributed by atoms with E-state index in [2.05, 4.69) is 4.98 Å². The summed E-state index contributed by atoms with van der Waals surface area (Å²) >= 11 is 0. The zero-order chi connectivity index (χ0) is 14.3. The van der Waals surface area contributed by atoms with Crippen molar-refractivity contribution in [3.8, 4) is 11.4 Å². The Morgan fingerprint density at radius 3 is 2.80 bits per heavy atom. The molecule has 1 aliphatic carbocycles. The van der Waals surface area contributed by atoms with Crippen molar-refractivity contribution in [1.82, 2.24) is 9.71 Å². The Labute approximate surface area is 113 Å². The van der Waals surface area contributed by atoms with E-state index >= 15 is 0 Å². The highest BCUT2D eigenvalue weighted by Gasteiger charge is 2.27. The molecule has 1 aliphatic rings. The first-order chi connectivity index (χ1) is 9.58. The third-order valence-corrected chi connectivity index (χ3v) is 3.35. The number of hydrogen-bond donors (Lipinski definition) is 2. The molecule has 0 amide bonds. The van der Waals surface area contributed by atoms with Crippen LogP contribution in [0.15, 0.2) is 24.3 Å². The molecule has 0 bridgehead atoms. The van der Waals surface area contributed by atoms with Crippen LogP contribution >= 0.6 is 0 Å². The number of rotatable bonds is 2. The van der Waals surface area contributed by atoms with Gasteiger partial charge in [0.15, 0.2) is 11.6 Å². The standard InChI is InChI=1S/C13H12N3O4/c17-11-6-2-5-10-12(11)14-13(15(10)18)8-3-1-4-9(7-8)16(19)20/h1,3-4,7,18H,2,5-6H2,(H,19,20)/q+1. The van der Waals surface area contributed by atoms with Crippen LogP contribution in [0.5, 0.6) is 0 Å². The van der Waals surface area contributed by atoms with Gasteiger partial charge in [-0.05, 0) is 12.8 Å². The minimum atomic E-state index is -0.265. The van der Waals surface area contributed by atoms with Crippen molar-refractivity contribution in [2.24, 2.45) is 0 Å². The quantitative estimate of drug-likeness (QED) is 0.646. The first-order valence-electron chi connectivity index (χ1n) is 6.18. The summed E-state index contributed by atoms with van der Waals surface area (Å²) in [6.45, 7) is 0. The Balaban J connectivity index is 2.13. The van der Waals surface area contributed by atoms with Gasteiger partial charge < -0.3 is 5.21 Å². The number of benzene rings is 1. The van der Waals surface area contributed by atoms with E-state index in [4.69, 9.17) is 5.21 Å². The summed E-state index contributed by atoms with van der Waals surface area (Å²) in [5, 5.41) is 19.0. The minimum Gasteiger partial charge on any atom is -0.427 e. The number of Topliss-reactive ketones (excluding diaryl/α,β-unsaturated/α-hetero) is 1. The summed E-state index contributed by atoms with van der Waals surface area (Å²) in [7, 11) is 0. The van der Waals surface area contributed by atoms with Gasteiger partial charge in [0.05, 0.1) is 10.6 Å². The molecule has 0 radical (unpaired) electrons. The van der Waals surface area contributed by atoms with Crippen molar-refractivity contribution in [3.63, 3.8) is 0 Å². The average molecular weight is 274 g/mol. The van der Waals surface area contributed by atoms with Crippen molar-refractivity contribution in [3.05, 3.63) is 40.6 Å². The topological polar surface area (TPSA) is 95.4 Å². The predicted octanol–water partition coefficient (Wildman–Crippen LogP) is 2.11. The Bertz CT molecular complexity index is 720. The predicted molar refractivity (Wildman–Crippen MR) is 67.2 cm³/mol. The van der Waals surface area contributed by atoms with Crippen LogP contribution in [-0.4, -0.2) is 30.8 Å². The lowest BCUT2D eigenvalue weighted by molar-refractivity contribution is -0.729. The SMILES string of the molecule is O=C1CCCc2c1nc(-c1cccc([N+](=O)O)c1)n2O. The molecule has 102 valence electrons. The third kappa shape index (κ3) is 1.83. The lowest BCUT2D eigenvalue weighted by Crippen LogP contribution is -2.12. The van der Waals surface area contributed by atoms with E-state index in [1.165, 1.54) is 12.1 Å². The Morgan fingerprint density at radius 1 is 1.30 bits per heavy atom. The smallest absolute Gasteiger partial charge is 0.317 e. The summed E-state index contributed by atoms with van der Waals surface area (Å²) in [6.07, 6.45) is 1.69. The van der Waals surface area contributed by atoms with Gasteiger partial charge in [-0.3, -0.25) is 4.79 Å². The van der Waals surface area contributed by atoms with E-state index in [1.807, 2.05) is 0 Å². The summed E-state index contributed by atoms with van der Waals surface area (Å²) < 4.78 is 0.887. The van der Waals surface area contributed by atoms with Gasteiger partial charge in [0.25, 0.3) is 4.92 Å². The van der Waals surface area contributed by atoms with Crippen molar-refractivity contribution < 1.29 is 20.1 Å². The van der Waals surface area contributed by atoms with Crippen molar-refractivity contribution in [2.75, 3.05) is 0 Å². The Morgan fingerprint density at radius 2 is 2.10 bits per heavy atom. The molecule has 0 saturated carbocycles. The van der Waals surface area contributed by atoms with Crippen LogP contribution in [-0.2, 0) is 6.42 Å². The van der Waals surface area contributed by atoms with Gasteiger partial charge in [0.2, 0.25) is 0 Å². The molecule has 0 fully saturated rings. The van der Waals surface area contributed by atoms with Gasteiger partial charge in [-0.1, -0.05) is 12.1 Å². The van der Waals surface area contributed by atoms with Crippen molar-refractivity contribution in [2.45, 2.75) is 19.3 Å². The fourth-order valence-electron chi connectivity index (χ4n) is 2.38. The molecule has 1 aromatic heterocycles. The van der Waals surface area contributed by atoms with Gasteiger partial charge in [0.1, 0.15) is 5.69 Å². The molecular formula is C13H12N3O4+. The molecule has 0 spiro atoms. The lowest BCUT2D eigenvalue weighted by atomic mass is 10.0. The third-order valence-electron chi connectivity index (χ3n) is 3.35. The maximum Gasteiger partial charge on any atom is 0.317 e. The van der Waals surface area contributed by atoms with Gasteiger partial charge in [-0.25, -0.2) is 10.2 Å². The van der Waals surface area contributed by atoms with Crippen LogP contribution < -0.4 is 0 Å². The molecule has 0 unspecified atom stereocenters. The number of nitrogens with zero attached hydrogens (tertiary/aromatic N) is 3. The van der Waals surface area contributed by atoms with E-state index in [0.29, 0.717) is 30.5 Å². The molecule has 7 nitrogen and oxygen atoms in total. The number of aromatic nitrogens is 2. The Hall–Kier alpha value is -2.70. The molecule has 1 heterocycles. The number of ketones is 1. The number of hydrogen-bond acceptors (Lipinski definition) is 4. The summed E-state index contributed by atoms with van der Waals surface area (Å²) in [5.74, 6) is 0.0954. The van der Waals surface area contributed by atoms with E-state index in [-0.39, 0.29) is 27.9 Å². The summed E-state index contributed by atoms with van der Waals surface area (Å²) in [5.41, 5.74) is 1.24. The molecule has 0 saturated heterocycles. The van der Waals surface area contributed by atoms with Crippen LogP contribution in [0.1, 0.15) is 29.0 Å². The van der Waals surface area contributed by atoms with Gasteiger partial charge in [-0.15, -0.1) is 0 Å². The molecule has 1 aromatic carbocycles. The second-order valence-electron chi connectivity index (χ2n) is 4.64. The molecule has 20 heavy (non-hydrogen) atoms. The van der Waals surface area contributed by atoms with Crippen molar-refractivity contribution >= 4 is 11.5 Å². The highest BCUT2D eigenvalue weighted by molar-refractivity contribution is 5.97. The molecule has 3 rings (SSSR count). The van der Waals surface area contributed by atoms with Crippen LogP contribution in [0.2, 0.25) is 0 Å². The van der Waals surface area contributed by atoms with Crippen LogP contribution in [0.3, 0.4) is 0 Å². The zero-order valence-electron chi connectivity index (χ0n) is 10.5. The number of carbonyl (C=O) groups excluding carboxylic acids is 1. The first-order valence-corrected chi connectivity index (χ1v) is 6.18. The maximum absolute atomic E-state index is 11.8. The number of fused-ring (bicyclic) bond motifs is 1. The monoisotopic (exact) mass is 274 g/mol. The summed E-state index contributed by atoms with van der Waals surface area (Å²) in [6, 6.07) is 6.00. The first kappa shape index (κ1) is 12.3. The van der Waals surface area contributed by atoms with Crippen LogP contribution in [0, 0.1) is 4.91 Å². The Kier molecular flexibility index (Phi) is 2.74. The van der Waals surface area contributed by atoms with E-state index in [0.717, 1.165) is 4.73 Å². The molecule has 2 aromatic rings. The maximum atomic E-state index is 11.8. The summed E-state index contributed by atoms with van der Waals surface area (Å²) in [4.78, 5) is 26.6. The highest BCUT2D eigenvalue weighted by Crippen LogP contribution is 2.28. The zero-order valence-corrected chi connectivity index (χ0v) is 10.5. The molecule has 0 atom stereocenters. The normalized spacial score (nSPS) is 14.1. The van der Waals surface area contributed by atoms with Gasteiger partial charge in [0, 0.05) is 24.1 Å². The highest BCUT2D eigenvalue weighted by atomic mass is 16.6. The minimum absolute atomic E-state index is 0.0230. The van der Waals surface area contributed by atoms with Crippen molar-refractivity contribution in [1.29, 1.82) is 0 Å². The number of carbonyl (C=O) groups is 1.